The van der Waals surface area contributed by atoms with Gasteiger partial charge < -0.3 is 5.73 Å². The summed E-state index contributed by atoms with van der Waals surface area (Å²) in [7, 11) is 0. The van der Waals surface area contributed by atoms with Gasteiger partial charge in [0.2, 0.25) is 5.91 Å². The van der Waals surface area contributed by atoms with Crippen molar-refractivity contribution in [1.82, 2.24) is 5.48 Å². The monoisotopic (exact) mass is 194 g/mol. The largest absolute Gasteiger partial charge is 0.327 e. The number of amides is 1. The molecule has 0 unspecified atom stereocenters. The second-order valence-electron chi connectivity index (χ2n) is 3.19. The summed E-state index contributed by atoms with van der Waals surface area (Å²) in [5, 5.41) is 8.29. The lowest BCUT2D eigenvalue weighted by Gasteiger charge is -2.09. The standard InChI is InChI=1S/C10H14N2O2/c11-9(7-10(13)12-14)6-8-4-2-1-3-5-8/h1-5,9,14H,6-7,11H2,(H,12,13)/t9-/m1/s1. The van der Waals surface area contributed by atoms with Crippen LogP contribution in [0, 0.1) is 0 Å². The predicted octanol–water partition coefficient (Wildman–Crippen LogP) is 0.452. The van der Waals surface area contributed by atoms with Gasteiger partial charge in [0.15, 0.2) is 0 Å². The Morgan fingerprint density at radius 1 is 1.43 bits per heavy atom. The number of hydrogen-bond donors (Lipinski definition) is 3. The molecular weight excluding hydrogens is 180 g/mol. The Morgan fingerprint density at radius 2 is 2.07 bits per heavy atom. The van der Waals surface area contributed by atoms with Crippen LogP contribution in [0.1, 0.15) is 12.0 Å². The number of hydrogen-bond acceptors (Lipinski definition) is 3. The number of nitrogens with one attached hydrogen (secondary N) is 1. The quantitative estimate of drug-likeness (QED) is 0.481. The molecule has 0 aromatic heterocycles. The van der Waals surface area contributed by atoms with Crippen molar-refractivity contribution < 1.29 is 10.0 Å². The highest BCUT2D eigenvalue weighted by Crippen LogP contribution is 2.03. The third-order valence-corrected chi connectivity index (χ3v) is 1.91. The lowest BCUT2D eigenvalue weighted by Crippen LogP contribution is -2.31. The van der Waals surface area contributed by atoms with E-state index in [4.69, 9.17) is 10.9 Å². The second-order valence-corrected chi connectivity index (χ2v) is 3.19. The van der Waals surface area contributed by atoms with E-state index in [0.29, 0.717) is 6.42 Å². The average Bonchev–Trinajstić information content (AvgIpc) is 2.19. The SMILES string of the molecule is N[C@@H](CC(=O)NO)Cc1ccccc1. The summed E-state index contributed by atoms with van der Waals surface area (Å²) in [5.74, 6) is -0.451. The van der Waals surface area contributed by atoms with Crippen LogP contribution >= 0.6 is 0 Å². The molecule has 76 valence electrons. The summed E-state index contributed by atoms with van der Waals surface area (Å²) in [6, 6.07) is 9.43. The summed E-state index contributed by atoms with van der Waals surface area (Å²) in [6.45, 7) is 0. The maximum absolute atomic E-state index is 10.8. The van der Waals surface area contributed by atoms with Crippen molar-refractivity contribution in [1.29, 1.82) is 0 Å². The molecule has 1 aromatic carbocycles. The van der Waals surface area contributed by atoms with Gasteiger partial charge in [-0.2, -0.15) is 0 Å². The van der Waals surface area contributed by atoms with Crippen molar-refractivity contribution >= 4 is 5.91 Å². The van der Waals surface area contributed by atoms with Crippen LogP contribution in [0.3, 0.4) is 0 Å². The number of benzene rings is 1. The summed E-state index contributed by atoms with van der Waals surface area (Å²) in [5.41, 5.74) is 8.36. The maximum atomic E-state index is 10.8. The Hall–Kier alpha value is -1.39. The first-order valence-electron chi connectivity index (χ1n) is 4.45. The van der Waals surface area contributed by atoms with Crippen LogP contribution in [0.4, 0.5) is 0 Å². The first-order chi connectivity index (χ1) is 6.72. The fourth-order valence-corrected chi connectivity index (χ4v) is 1.27. The van der Waals surface area contributed by atoms with Crippen LogP contribution in [-0.2, 0) is 11.2 Å². The zero-order chi connectivity index (χ0) is 10.4. The highest BCUT2D eigenvalue weighted by molar-refractivity contribution is 5.75. The fraction of sp³-hybridized carbons (Fsp3) is 0.300. The van der Waals surface area contributed by atoms with Gasteiger partial charge in [0.1, 0.15) is 0 Å². The third-order valence-electron chi connectivity index (χ3n) is 1.91. The molecule has 1 aromatic rings. The minimum Gasteiger partial charge on any atom is -0.327 e. The van der Waals surface area contributed by atoms with E-state index in [1.165, 1.54) is 0 Å². The minimum atomic E-state index is -0.451. The van der Waals surface area contributed by atoms with E-state index in [1.54, 1.807) is 5.48 Å². The number of carbonyl (C=O) groups is 1. The Morgan fingerprint density at radius 3 is 2.64 bits per heavy atom. The molecule has 0 aliphatic rings. The normalized spacial score (nSPS) is 12.1. The van der Waals surface area contributed by atoms with Gasteiger partial charge in [-0.3, -0.25) is 10.0 Å². The topological polar surface area (TPSA) is 75.4 Å². The van der Waals surface area contributed by atoms with Gasteiger partial charge in [-0.05, 0) is 12.0 Å². The van der Waals surface area contributed by atoms with E-state index in [-0.39, 0.29) is 12.5 Å². The summed E-state index contributed by atoms with van der Waals surface area (Å²) in [4.78, 5) is 10.8. The summed E-state index contributed by atoms with van der Waals surface area (Å²) in [6.07, 6.45) is 0.764. The van der Waals surface area contributed by atoms with Gasteiger partial charge in [0.25, 0.3) is 0 Å². The number of nitrogens with two attached hydrogens (primary N) is 1. The smallest absolute Gasteiger partial charge is 0.244 e. The molecule has 1 amide bonds. The van der Waals surface area contributed by atoms with Crippen LogP contribution in [0.5, 0.6) is 0 Å². The second kappa shape index (κ2) is 5.36. The Balaban J connectivity index is 2.41. The molecule has 0 fully saturated rings. The van der Waals surface area contributed by atoms with Crippen molar-refractivity contribution in [3.05, 3.63) is 35.9 Å². The molecule has 4 N–H and O–H groups in total. The Bertz CT molecular complexity index is 287. The van der Waals surface area contributed by atoms with Crippen LogP contribution in [0.2, 0.25) is 0 Å². The van der Waals surface area contributed by atoms with Crippen LogP contribution in [0.15, 0.2) is 30.3 Å². The van der Waals surface area contributed by atoms with Crippen LogP contribution in [-0.4, -0.2) is 17.2 Å². The first kappa shape index (κ1) is 10.7. The zero-order valence-electron chi connectivity index (χ0n) is 7.81. The highest BCUT2D eigenvalue weighted by Gasteiger charge is 2.08. The van der Waals surface area contributed by atoms with Gasteiger partial charge in [-0.1, -0.05) is 30.3 Å². The van der Waals surface area contributed by atoms with E-state index >= 15 is 0 Å². The zero-order valence-corrected chi connectivity index (χ0v) is 7.81. The molecule has 0 bridgehead atoms. The first-order valence-corrected chi connectivity index (χ1v) is 4.45. The van der Waals surface area contributed by atoms with Crippen molar-refractivity contribution in [3.63, 3.8) is 0 Å². The molecule has 0 saturated heterocycles. The van der Waals surface area contributed by atoms with Crippen LogP contribution in [0.25, 0.3) is 0 Å². The number of hydroxylamine groups is 1. The van der Waals surface area contributed by atoms with E-state index in [1.807, 2.05) is 30.3 Å². The molecule has 4 nitrogen and oxygen atoms in total. The molecule has 0 aliphatic heterocycles. The lowest BCUT2D eigenvalue weighted by atomic mass is 10.0. The van der Waals surface area contributed by atoms with E-state index in [2.05, 4.69) is 0 Å². The summed E-state index contributed by atoms with van der Waals surface area (Å²) >= 11 is 0. The number of carbonyl (C=O) groups excluding carboxylic acids is 1. The summed E-state index contributed by atoms with van der Waals surface area (Å²) < 4.78 is 0. The van der Waals surface area contributed by atoms with Gasteiger partial charge in [-0.15, -0.1) is 0 Å². The maximum Gasteiger partial charge on any atom is 0.244 e. The van der Waals surface area contributed by atoms with Crippen LogP contribution < -0.4 is 11.2 Å². The molecule has 1 rings (SSSR count). The average molecular weight is 194 g/mol. The molecule has 0 radical (unpaired) electrons. The Kier molecular flexibility index (Phi) is 4.10. The van der Waals surface area contributed by atoms with Gasteiger partial charge >= 0.3 is 0 Å². The molecule has 4 heteroatoms. The van der Waals surface area contributed by atoms with Crippen molar-refractivity contribution in [2.24, 2.45) is 5.73 Å². The molecular formula is C10H14N2O2. The minimum absolute atomic E-state index is 0.130. The fourth-order valence-electron chi connectivity index (χ4n) is 1.27. The van der Waals surface area contributed by atoms with Crippen molar-refractivity contribution in [2.75, 3.05) is 0 Å². The van der Waals surface area contributed by atoms with E-state index < -0.39 is 5.91 Å². The van der Waals surface area contributed by atoms with Crippen molar-refractivity contribution in [3.8, 4) is 0 Å². The third kappa shape index (κ3) is 3.55. The van der Waals surface area contributed by atoms with Gasteiger partial charge in [0.05, 0.1) is 0 Å². The van der Waals surface area contributed by atoms with E-state index in [9.17, 15) is 4.79 Å². The molecule has 14 heavy (non-hydrogen) atoms. The predicted molar refractivity (Wildman–Crippen MR) is 52.7 cm³/mol. The molecule has 1 atom stereocenters. The molecule has 0 aliphatic carbocycles. The highest BCUT2D eigenvalue weighted by atomic mass is 16.5. The molecule has 0 saturated carbocycles. The van der Waals surface area contributed by atoms with Gasteiger partial charge in [0, 0.05) is 12.5 Å². The Labute approximate surface area is 82.7 Å². The molecule has 0 spiro atoms. The van der Waals surface area contributed by atoms with Gasteiger partial charge in [-0.25, -0.2) is 5.48 Å². The van der Waals surface area contributed by atoms with E-state index in [0.717, 1.165) is 5.56 Å². The lowest BCUT2D eigenvalue weighted by molar-refractivity contribution is -0.129. The molecule has 0 heterocycles. The van der Waals surface area contributed by atoms with Crippen molar-refractivity contribution in [2.45, 2.75) is 18.9 Å². The number of rotatable bonds is 4.